The van der Waals surface area contributed by atoms with E-state index in [1.807, 2.05) is 12.1 Å². The van der Waals surface area contributed by atoms with Crippen molar-refractivity contribution in [2.45, 2.75) is 18.9 Å². The molecule has 0 fully saturated rings. The van der Waals surface area contributed by atoms with Crippen molar-refractivity contribution in [2.24, 2.45) is 5.73 Å². The summed E-state index contributed by atoms with van der Waals surface area (Å²) in [7, 11) is 0. The van der Waals surface area contributed by atoms with Crippen LogP contribution in [-0.2, 0) is 11.2 Å². The second-order valence-corrected chi connectivity index (χ2v) is 5.82. The summed E-state index contributed by atoms with van der Waals surface area (Å²) in [5.41, 5.74) is 6.42. The van der Waals surface area contributed by atoms with E-state index in [9.17, 15) is 4.79 Å². The van der Waals surface area contributed by atoms with Crippen molar-refractivity contribution in [3.05, 3.63) is 33.8 Å². The first kappa shape index (κ1) is 15.6. The first-order valence-corrected chi connectivity index (χ1v) is 7.42. The van der Waals surface area contributed by atoms with Crippen molar-refractivity contribution in [1.82, 2.24) is 0 Å². The van der Waals surface area contributed by atoms with Crippen LogP contribution in [0.15, 0.2) is 18.2 Å². The molecule has 0 aromatic heterocycles. The maximum atomic E-state index is 10.5. The summed E-state index contributed by atoms with van der Waals surface area (Å²) in [4.78, 5) is 10.5. The highest BCUT2D eigenvalue weighted by Crippen LogP contribution is 2.26. The molecule has 0 saturated heterocycles. The van der Waals surface area contributed by atoms with Crippen LogP contribution >= 0.6 is 35.0 Å². The van der Waals surface area contributed by atoms with Crippen molar-refractivity contribution < 1.29 is 9.90 Å². The fourth-order valence-corrected chi connectivity index (χ4v) is 2.76. The number of carbonyl (C=O) groups is 1. The Kier molecular flexibility index (Phi) is 6.86. The van der Waals surface area contributed by atoms with Gasteiger partial charge >= 0.3 is 5.97 Å². The third kappa shape index (κ3) is 5.06. The van der Waals surface area contributed by atoms with Crippen LogP contribution in [0.3, 0.4) is 0 Å². The van der Waals surface area contributed by atoms with Crippen molar-refractivity contribution in [3.8, 4) is 0 Å². The second kappa shape index (κ2) is 7.89. The zero-order valence-electron chi connectivity index (χ0n) is 9.73. The highest BCUT2D eigenvalue weighted by Gasteiger charge is 2.10. The Labute approximate surface area is 121 Å². The predicted molar refractivity (Wildman–Crippen MR) is 77.7 cm³/mol. The lowest BCUT2D eigenvalue weighted by molar-refractivity contribution is -0.138. The Balaban J connectivity index is 2.26. The summed E-state index contributed by atoms with van der Waals surface area (Å²) in [6.45, 7) is 0. The smallest absolute Gasteiger partial charge is 0.320 e. The Hall–Kier alpha value is -0.420. The van der Waals surface area contributed by atoms with Crippen molar-refractivity contribution >= 4 is 40.9 Å². The molecule has 1 aromatic rings. The van der Waals surface area contributed by atoms with E-state index in [1.54, 1.807) is 17.8 Å². The molecule has 0 aliphatic rings. The number of halogens is 2. The number of hydrogen-bond donors (Lipinski definition) is 2. The number of carboxylic acids is 1. The molecule has 3 nitrogen and oxygen atoms in total. The molecule has 0 bridgehead atoms. The molecule has 18 heavy (non-hydrogen) atoms. The van der Waals surface area contributed by atoms with Crippen LogP contribution in [0.1, 0.15) is 12.0 Å². The van der Waals surface area contributed by atoms with Gasteiger partial charge in [0.15, 0.2) is 0 Å². The van der Waals surface area contributed by atoms with E-state index >= 15 is 0 Å². The van der Waals surface area contributed by atoms with Gasteiger partial charge in [-0.1, -0.05) is 35.3 Å². The molecule has 1 aromatic carbocycles. The first-order valence-electron chi connectivity index (χ1n) is 5.51. The molecule has 0 spiro atoms. The minimum atomic E-state index is -0.950. The zero-order chi connectivity index (χ0) is 13.5. The summed E-state index contributed by atoms with van der Waals surface area (Å²) in [6, 6.07) is 4.80. The van der Waals surface area contributed by atoms with Gasteiger partial charge in [-0.3, -0.25) is 4.79 Å². The lowest BCUT2D eigenvalue weighted by atomic mass is 10.2. The molecule has 0 aliphatic carbocycles. The molecular weight excluding hydrogens is 293 g/mol. The number of rotatable bonds is 7. The molecule has 6 heteroatoms. The van der Waals surface area contributed by atoms with E-state index < -0.39 is 12.0 Å². The van der Waals surface area contributed by atoms with Gasteiger partial charge in [0.05, 0.1) is 10.0 Å². The molecule has 0 heterocycles. The first-order chi connectivity index (χ1) is 8.52. The van der Waals surface area contributed by atoms with Crippen LogP contribution in [0.2, 0.25) is 10.0 Å². The van der Waals surface area contributed by atoms with Crippen LogP contribution in [-0.4, -0.2) is 28.6 Å². The summed E-state index contributed by atoms with van der Waals surface area (Å²) < 4.78 is 0. The largest absolute Gasteiger partial charge is 0.480 e. The molecule has 100 valence electrons. The molecule has 1 unspecified atom stereocenters. The topological polar surface area (TPSA) is 63.3 Å². The zero-order valence-corrected chi connectivity index (χ0v) is 12.1. The van der Waals surface area contributed by atoms with Crippen LogP contribution in [0, 0.1) is 0 Å². The lowest BCUT2D eigenvalue weighted by Gasteiger charge is -2.07. The van der Waals surface area contributed by atoms with E-state index in [2.05, 4.69) is 0 Å². The van der Waals surface area contributed by atoms with E-state index in [-0.39, 0.29) is 0 Å². The predicted octanol–water partition coefficient (Wildman–Crippen LogP) is 3.07. The number of aryl methyl sites for hydroxylation is 1. The molecule has 0 radical (unpaired) electrons. The number of aliphatic carboxylic acids is 1. The maximum absolute atomic E-state index is 10.5. The van der Waals surface area contributed by atoms with E-state index in [4.69, 9.17) is 34.0 Å². The Bertz CT molecular complexity index is 415. The number of nitrogens with two attached hydrogens (primary N) is 1. The van der Waals surface area contributed by atoms with E-state index in [0.717, 1.165) is 23.5 Å². The average Bonchev–Trinajstić information content (AvgIpc) is 2.33. The summed E-state index contributed by atoms with van der Waals surface area (Å²) >= 11 is 13.6. The molecule has 1 atom stereocenters. The van der Waals surface area contributed by atoms with Gasteiger partial charge < -0.3 is 10.8 Å². The molecule has 1 rings (SSSR count). The molecule has 3 N–H and O–H groups in total. The van der Waals surface area contributed by atoms with Crippen molar-refractivity contribution in [3.63, 3.8) is 0 Å². The van der Waals surface area contributed by atoms with Gasteiger partial charge in [-0.2, -0.15) is 11.8 Å². The Morgan fingerprint density at radius 1 is 1.39 bits per heavy atom. The third-order valence-electron chi connectivity index (χ3n) is 2.44. The highest BCUT2D eigenvalue weighted by atomic mass is 35.5. The maximum Gasteiger partial charge on any atom is 0.320 e. The minimum Gasteiger partial charge on any atom is -0.480 e. The average molecular weight is 308 g/mol. The lowest BCUT2D eigenvalue weighted by Crippen LogP contribution is -2.30. The van der Waals surface area contributed by atoms with E-state index in [0.29, 0.717) is 16.5 Å². The monoisotopic (exact) mass is 307 g/mol. The van der Waals surface area contributed by atoms with Crippen LogP contribution in [0.4, 0.5) is 0 Å². The van der Waals surface area contributed by atoms with Gasteiger partial charge in [0, 0.05) is 0 Å². The van der Waals surface area contributed by atoms with Crippen molar-refractivity contribution in [2.75, 3.05) is 11.5 Å². The van der Waals surface area contributed by atoms with Crippen LogP contribution in [0.25, 0.3) is 0 Å². The van der Waals surface area contributed by atoms with Gasteiger partial charge in [0.1, 0.15) is 6.04 Å². The minimum absolute atomic E-state index is 0.475. The standard InChI is InChI=1S/C12H15Cl2NO2S/c13-9-3-1-2-8(11(9)14)4-6-18-7-5-10(15)12(16)17/h1-3,10H,4-7,15H2,(H,16,17). The SMILES string of the molecule is NC(CCSCCc1cccc(Cl)c1Cl)C(=O)O. The fraction of sp³-hybridized carbons (Fsp3) is 0.417. The highest BCUT2D eigenvalue weighted by molar-refractivity contribution is 7.99. The Morgan fingerprint density at radius 3 is 2.78 bits per heavy atom. The van der Waals surface area contributed by atoms with Gasteiger partial charge in [0.2, 0.25) is 0 Å². The van der Waals surface area contributed by atoms with Crippen LogP contribution < -0.4 is 5.73 Å². The number of hydrogen-bond acceptors (Lipinski definition) is 3. The van der Waals surface area contributed by atoms with Crippen molar-refractivity contribution in [1.29, 1.82) is 0 Å². The number of carboxylic acid groups (broad SMARTS) is 1. The summed E-state index contributed by atoms with van der Waals surface area (Å²) in [5, 5.41) is 9.78. The summed E-state index contributed by atoms with van der Waals surface area (Å²) in [6.07, 6.45) is 1.29. The van der Waals surface area contributed by atoms with Crippen LogP contribution in [0.5, 0.6) is 0 Å². The van der Waals surface area contributed by atoms with Gasteiger partial charge in [-0.15, -0.1) is 0 Å². The molecular formula is C12H15Cl2NO2S. The van der Waals surface area contributed by atoms with E-state index in [1.165, 1.54) is 0 Å². The molecule has 0 saturated carbocycles. The molecule has 0 aliphatic heterocycles. The fourth-order valence-electron chi connectivity index (χ4n) is 1.36. The number of thioether (sulfide) groups is 1. The normalized spacial score (nSPS) is 12.4. The third-order valence-corrected chi connectivity index (χ3v) is 4.31. The van der Waals surface area contributed by atoms with Gasteiger partial charge in [-0.05, 0) is 36.0 Å². The number of benzene rings is 1. The second-order valence-electron chi connectivity index (χ2n) is 3.81. The van der Waals surface area contributed by atoms with Gasteiger partial charge in [0.25, 0.3) is 0 Å². The summed E-state index contributed by atoms with van der Waals surface area (Å²) in [5.74, 6) is 0.645. The Morgan fingerprint density at radius 2 is 2.11 bits per heavy atom. The quantitative estimate of drug-likeness (QED) is 0.760. The van der Waals surface area contributed by atoms with Gasteiger partial charge in [-0.25, -0.2) is 0 Å². The molecule has 0 amide bonds.